The van der Waals surface area contributed by atoms with E-state index < -0.39 is 11.4 Å². The molecule has 0 atom stereocenters. The highest BCUT2D eigenvalue weighted by molar-refractivity contribution is 6.08. The maximum Gasteiger partial charge on any atom is 0.256 e. The van der Waals surface area contributed by atoms with Crippen LogP contribution in [0, 0.1) is 5.82 Å². The van der Waals surface area contributed by atoms with Gasteiger partial charge in [-0.25, -0.2) is 4.39 Å². The van der Waals surface area contributed by atoms with Gasteiger partial charge in [-0.3, -0.25) is 14.7 Å². The molecule has 1 N–H and O–H groups in total. The summed E-state index contributed by atoms with van der Waals surface area (Å²) in [6.45, 7) is 2.64. The molecule has 0 saturated heterocycles. The van der Waals surface area contributed by atoms with Crippen molar-refractivity contribution in [3.05, 3.63) is 53.8 Å². The van der Waals surface area contributed by atoms with Crippen molar-refractivity contribution in [3.63, 3.8) is 0 Å². The number of rotatable bonds is 6. The third kappa shape index (κ3) is 3.66. The number of hydrogen-bond acceptors (Lipinski definition) is 3. The Kier molecular flexibility index (Phi) is 5.39. The maximum atomic E-state index is 14.2. The van der Waals surface area contributed by atoms with E-state index in [0.29, 0.717) is 17.7 Å². The van der Waals surface area contributed by atoms with Crippen LogP contribution in [-0.2, 0) is 11.3 Å². The molecule has 2 aliphatic rings. The number of unbranched alkanes of at least 4 members (excludes halogenated alkanes) is 1. The van der Waals surface area contributed by atoms with Crippen LogP contribution in [0.4, 0.5) is 4.39 Å². The second-order valence-corrected chi connectivity index (χ2v) is 8.10. The molecule has 0 unspecified atom stereocenters. The molecule has 29 heavy (non-hydrogen) atoms. The van der Waals surface area contributed by atoms with Gasteiger partial charge in [0.2, 0.25) is 0 Å². The second kappa shape index (κ2) is 7.97. The highest BCUT2D eigenvalue weighted by Gasteiger charge is 2.49. The van der Waals surface area contributed by atoms with E-state index in [4.69, 9.17) is 4.99 Å². The zero-order chi connectivity index (χ0) is 20.4. The molecule has 2 aromatic rings. The van der Waals surface area contributed by atoms with Gasteiger partial charge in [-0.15, -0.1) is 0 Å². The van der Waals surface area contributed by atoms with Crippen molar-refractivity contribution in [2.24, 2.45) is 4.99 Å². The van der Waals surface area contributed by atoms with E-state index in [1.807, 2.05) is 29.2 Å². The van der Waals surface area contributed by atoms with Crippen LogP contribution in [0.5, 0.6) is 5.75 Å². The van der Waals surface area contributed by atoms with Gasteiger partial charge >= 0.3 is 0 Å². The molecule has 4 nitrogen and oxygen atoms in total. The van der Waals surface area contributed by atoms with Gasteiger partial charge in [0, 0.05) is 12.0 Å². The smallest absolute Gasteiger partial charge is 0.256 e. The van der Waals surface area contributed by atoms with Crippen molar-refractivity contribution in [1.82, 2.24) is 4.90 Å². The Labute approximate surface area is 171 Å². The lowest BCUT2D eigenvalue weighted by molar-refractivity contribution is -0.131. The summed E-state index contributed by atoms with van der Waals surface area (Å²) in [5.41, 5.74) is 1.53. The van der Waals surface area contributed by atoms with E-state index in [1.54, 1.807) is 12.1 Å². The number of carbonyl (C=O) groups is 1. The minimum absolute atomic E-state index is 0.143. The maximum absolute atomic E-state index is 14.2. The Morgan fingerprint density at radius 3 is 2.55 bits per heavy atom. The molecule has 1 amide bonds. The van der Waals surface area contributed by atoms with Crippen LogP contribution in [0.15, 0.2) is 47.5 Å². The summed E-state index contributed by atoms with van der Waals surface area (Å²) < 4.78 is 14.2. The van der Waals surface area contributed by atoms with E-state index in [0.717, 1.165) is 56.3 Å². The molecule has 1 aliphatic carbocycles. The molecule has 1 heterocycles. The average Bonchev–Trinajstić information content (AvgIpc) is 3.30. The zero-order valence-corrected chi connectivity index (χ0v) is 16.8. The first-order valence-electron chi connectivity index (χ1n) is 10.5. The number of halogens is 1. The molecule has 0 bridgehead atoms. The summed E-state index contributed by atoms with van der Waals surface area (Å²) in [6.07, 6.45) is 6.76. The molecule has 0 aromatic heterocycles. The first-order chi connectivity index (χ1) is 14.0. The Bertz CT molecular complexity index is 930. The Balaban J connectivity index is 1.55. The fourth-order valence-electron chi connectivity index (χ4n) is 4.41. The van der Waals surface area contributed by atoms with Crippen LogP contribution in [0.1, 0.15) is 57.4 Å². The van der Waals surface area contributed by atoms with Gasteiger partial charge in [-0.1, -0.05) is 62.6 Å². The number of phenolic OH excluding ortho intramolecular Hbond substituents is 1. The van der Waals surface area contributed by atoms with Gasteiger partial charge in [0.25, 0.3) is 5.91 Å². The number of amidine groups is 1. The summed E-state index contributed by atoms with van der Waals surface area (Å²) in [5, 5.41) is 9.60. The number of benzene rings is 2. The van der Waals surface area contributed by atoms with Crippen LogP contribution in [0.3, 0.4) is 0 Å². The monoisotopic (exact) mass is 394 g/mol. The van der Waals surface area contributed by atoms with Gasteiger partial charge in [-0.05, 0) is 36.5 Å². The quantitative estimate of drug-likeness (QED) is 0.709. The standard InChI is InChI=1S/C24H27FN2O2/c1-2-3-9-21-26-24(14-4-5-15-24)23(29)27(21)16-17-10-12-18(13-11-17)19-7-6-8-20(28)22(19)25/h6-8,10-13,28H,2-5,9,14-16H2,1H3. The van der Waals surface area contributed by atoms with E-state index in [-0.39, 0.29) is 11.7 Å². The molecule has 2 aromatic carbocycles. The molecule has 5 heteroatoms. The van der Waals surface area contributed by atoms with Crippen LogP contribution in [-0.4, -0.2) is 27.3 Å². The van der Waals surface area contributed by atoms with Gasteiger partial charge in [0.15, 0.2) is 11.6 Å². The second-order valence-electron chi connectivity index (χ2n) is 8.10. The summed E-state index contributed by atoms with van der Waals surface area (Å²) in [5.74, 6) is 0.0890. The molecular weight excluding hydrogens is 367 g/mol. The van der Waals surface area contributed by atoms with Gasteiger partial charge < -0.3 is 5.11 Å². The van der Waals surface area contributed by atoms with E-state index in [9.17, 15) is 14.3 Å². The van der Waals surface area contributed by atoms with Gasteiger partial charge in [0.1, 0.15) is 11.4 Å². The summed E-state index contributed by atoms with van der Waals surface area (Å²) in [6, 6.07) is 12.1. The summed E-state index contributed by atoms with van der Waals surface area (Å²) in [7, 11) is 0. The van der Waals surface area contributed by atoms with Crippen molar-refractivity contribution in [3.8, 4) is 16.9 Å². The number of hydrogen-bond donors (Lipinski definition) is 1. The van der Waals surface area contributed by atoms with E-state index >= 15 is 0 Å². The largest absolute Gasteiger partial charge is 0.505 e. The zero-order valence-electron chi connectivity index (χ0n) is 16.8. The van der Waals surface area contributed by atoms with Crippen LogP contribution in [0.25, 0.3) is 11.1 Å². The highest BCUT2D eigenvalue weighted by Crippen LogP contribution is 2.40. The SMILES string of the molecule is CCCCC1=NC2(CCCC2)C(=O)N1Cc1ccc(-c2cccc(O)c2F)cc1. The minimum Gasteiger partial charge on any atom is -0.505 e. The van der Waals surface area contributed by atoms with Gasteiger partial charge in [0.05, 0.1) is 6.54 Å². The van der Waals surface area contributed by atoms with Crippen molar-refractivity contribution in [2.45, 2.75) is 64.0 Å². The first-order valence-corrected chi connectivity index (χ1v) is 10.5. The number of phenols is 1. The molecule has 152 valence electrons. The molecule has 4 rings (SSSR count). The lowest BCUT2D eigenvalue weighted by Crippen LogP contribution is -2.40. The first kappa shape index (κ1) is 19.6. The lowest BCUT2D eigenvalue weighted by Gasteiger charge is -2.22. The average molecular weight is 394 g/mol. The van der Waals surface area contributed by atoms with Crippen LogP contribution >= 0.6 is 0 Å². The Morgan fingerprint density at radius 2 is 1.86 bits per heavy atom. The van der Waals surface area contributed by atoms with E-state index in [2.05, 4.69) is 6.92 Å². The highest BCUT2D eigenvalue weighted by atomic mass is 19.1. The molecule has 1 aliphatic heterocycles. The van der Waals surface area contributed by atoms with Crippen molar-refractivity contribution < 1.29 is 14.3 Å². The Morgan fingerprint density at radius 1 is 1.14 bits per heavy atom. The normalized spacial score (nSPS) is 17.9. The fraction of sp³-hybridized carbons (Fsp3) is 0.417. The minimum atomic E-state index is -0.618. The van der Waals surface area contributed by atoms with Gasteiger partial charge in [-0.2, -0.15) is 0 Å². The molecule has 1 fully saturated rings. The van der Waals surface area contributed by atoms with Crippen LogP contribution < -0.4 is 0 Å². The third-order valence-corrected chi connectivity index (χ3v) is 6.07. The summed E-state index contributed by atoms with van der Waals surface area (Å²) >= 11 is 0. The number of aliphatic imine (C=N–C) groups is 1. The van der Waals surface area contributed by atoms with Crippen LogP contribution in [0.2, 0.25) is 0 Å². The number of aromatic hydroxyl groups is 1. The molecular formula is C24H27FN2O2. The van der Waals surface area contributed by atoms with E-state index in [1.165, 1.54) is 6.07 Å². The predicted molar refractivity (Wildman–Crippen MR) is 112 cm³/mol. The van der Waals surface area contributed by atoms with Crippen molar-refractivity contribution in [2.75, 3.05) is 0 Å². The number of amides is 1. The number of nitrogens with zero attached hydrogens (tertiary/aromatic N) is 2. The summed E-state index contributed by atoms with van der Waals surface area (Å²) in [4.78, 5) is 20.0. The predicted octanol–water partition coefficient (Wildman–Crippen LogP) is 5.44. The van der Waals surface area contributed by atoms with Crippen molar-refractivity contribution >= 4 is 11.7 Å². The topological polar surface area (TPSA) is 52.9 Å². The van der Waals surface area contributed by atoms with Crippen molar-refractivity contribution in [1.29, 1.82) is 0 Å². The lowest BCUT2D eigenvalue weighted by atomic mass is 9.98. The fourth-order valence-corrected chi connectivity index (χ4v) is 4.41. The molecule has 0 radical (unpaired) electrons. The number of carbonyl (C=O) groups excluding carboxylic acids is 1. The molecule has 1 saturated carbocycles. The molecule has 1 spiro atoms. The Hall–Kier alpha value is -2.69. The third-order valence-electron chi connectivity index (χ3n) is 6.07.